The molecule has 1 aliphatic heterocycles. The number of carbonyl (C=O) groups is 1. The second-order valence-electron chi connectivity index (χ2n) is 6.80. The molecule has 1 fully saturated rings. The van der Waals surface area contributed by atoms with Crippen molar-refractivity contribution in [1.29, 1.82) is 0 Å². The van der Waals surface area contributed by atoms with Crippen molar-refractivity contribution in [2.75, 3.05) is 25.6 Å². The number of aromatic nitrogens is 3. The lowest BCUT2D eigenvalue weighted by atomic mass is 9.93. The molecule has 1 amide bonds. The van der Waals surface area contributed by atoms with Crippen LogP contribution in [0.2, 0.25) is 0 Å². The van der Waals surface area contributed by atoms with Gasteiger partial charge in [0.25, 0.3) is 5.91 Å². The average molecular weight is 410 g/mol. The molecule has 3 aromatic heterocycles. The Kier molecular flexibility index (Phi) is 4.61. The van der Waals surface area contributed by atoms with Crippen molar-refractivity contribution < 1.29 is 18.7 Å². The molecule has 0 radical (unpaired) electrons. The first-order valence-electron chi connectivity index (χ1n) is 9.28. The van der Waals surface area contributed by atoms with Gasteiger partial charge in [-0.2, -0.15) is 0 Å². The lowest BCUT2D eigenvalue weighted by Gasteiger charge is -2.22. The number of nitrogens with one attached hydrogen (secondary N) is 1. The molecule has 0 spiro atoms. The molecule has 0 atom stereocenters. The van der Waals surface area contributed by atoms with Crippen LogP contribution in [0.4, 0.5) is 5.13 Å². The first-order valence-corrected chi connectivity index (χ1v) is 10.1. The molecule has 1 aromatic carbocycles. The van der Waals surface area contributed by atoms with Crippen LogP contribution in [0.25, 0.3) is 21.3 Å². The van der Waals surface area contributed by atoms with Gasteiger partial charge in [-0.25, -0.2) is 15.0 Å². The molecule has 0 saturated carbocycles. The normalized spacial score (nSPS) is 15.1. The number of ether oxygens (including phenoxy) is 2. The van der Waals surface area contributed by atoms with Crippen molar-refractivity contribution >= 4 is 43.7 Å². The molecule has 5 rings (SSSR count). The fourth-order valence-electron chi connectivity index (χ4n) is 3.58. The number of amides is 1. The monoisotopic (exact) mass is 410 g/mol. The molecule has 9 heteroatoms. The second-order valence-corrected chi connectivity index (χ2v) is 7.79. The third-order valence-electron chi connectivity index (χ3n) is 5.08. The number of benzene rings is 1. The van der Waals surface area contributed by atoms with Gasteiger partial charge in [0.1, 0.15) is 11.0 Å². The topological polar surface area (TPSA) is 99.4 Å². The number of fused-ring (bicyclic) bond motifs is 2. The minimum absolute atomic E-state index is 0.256. The Bertz CT molecular complexity index is 1200. The van der Waals surface area contributed by atoms with E-state index >= 15 is 0 Å². The average Bonchev–Trinajstić information content (AvgIpc) is 3.39. The highest BCUT2D eigenvalue weighted by atomic mass is 32.1. The first kappa shape index (κ1) is 18.0. The van der Waals surface area contributed by atoms with E-state index in [0.29, 0.717) is 39.1 Å². The van der Waals surface area contributed by atoms with Gasteiger partial charge in [0.2, 0.25) is 5.88 Å². The molecule has 1 aliphatic rings. The Morgan fingerprint density at radius 1 is 1.28 bits per heavy atom. The Balaban J connectivity index is 1.48. The van der Waals surface area contributed by atoms with Crippen molar-refractivity contribution in [3.63, 3.8) is 0 Å². The number of hydrogen-bond acceptors (Lipinski definition) is 8. The zero-order valence-electron chi connectivity index (χ0n) is 15.7. The smallest absolute Gasteiger partial charge is 0.257 e. The SMILES string of the molecule is COc1ncc(C2CCOCC2)c2sc(NC(=O)c3ccc4ocnc4c3)nc12. The predicted octanol–water partition coefficient (Wildman–Crippen LogP) is 3.99. The number of oxazole rings is 1. The summed E-state index contributed by atoms with van der Waals surface area (Å²) in [7, 11) is 1.57. The number of carbonyl (C=O) groups excluding carboxylic acids is 1. The number of pyridine rings is 1. The van der Waals surface area contributed by atoms with Gasteiger partial charge in [0.15, 0.2) is 17.1 Å². The lowest BCUT2D eigenvalue weighted by Crippen LogP contribution is -2.14. The van der Waals surface area contributed by atoms with Crippen molar-refractivity contribution in [2.24, 2.45) is 0 Å². The van der Waals surface area contributed by atoms with E-state index in [-0.39, 0.29) is 5.91 Å². The van der Waals surface area contributed by atoms with Gasteiger partial charge < -0.3 is 13.9 Å². The fraction of sp³-hybridized carbons (Fsp3) is 0.300. The largest absolute Gasteiger partial charge is 0.479 e. The van der Waals surface area contributed by atoms with Gasteiger partial charge in [0.05, 0.1) is 11.8 Å². The Hall–Kier alpha value is -3.04. The van der Waals surface area contributed by atoms with Crippen LogP contribution in [0.3, 0.4) is 0 Å². The minimum Gasteiger partial charge on any atom is -0.479 e. The molecule has 8 nitrogen and oxygen atoms in total. The zero-order valence-corrected chi connectivity index (χ0v) is 16.5. The van der Waals surface area contributed by atoms with E-state index in [0.717, 1.165) is 36.3 Å². The van der Waals surface area contributed by atoms with Crippen LogP contribution in [0, 0.1) is 0 Å². The fourth-order valence-corrected chi connectivity index (χ4v) is 4.62. The highest BCUT2D eigenvalue weighted by molar-refractivity contribution is 7.22. The van der Waals surface area contributed by atoms with Crippen molar-refractivity contribution in [2.45, 2.75) is 18.8 Å². The molecule has 0 aliphatic carbocycles. The number of rotatable bonds is 4. The van der Waals surface area contributed by atoms with Crippen LogP contribution in [-0.4, -0.2) is 41.2 Å². The maximum absolute atomic E-state index is 12.7. The van der Waals surface area contributed by atoms with Gasteiger partial charge in [-0.3, -0.25) is 10.1 Å². The van der Waals surface area contributed by atoms with E-state index in [1.807, 2.05) is 6.20 Å². The summed E-state index contributed by atoms with van der Waals surface area (Å²) in [5.41, 5.74) is 3.56. The maximum Gasteiger partial charge on any atom is 0.257 e. The van der Waals surface area contributed by atoms with Gasteiger partial charge in [-0.1, -0.05) is 11.3 Å². The second kappa shape index (κ2) is 7.41. The number of methoxy groups -OCH3 is 1. The van der Waals surface area contributed by atoms with Crippen LogP contribution >= 0.6 is 11.3 Å². The highest BCUT2D eigenvalue weighted by Crippen LogP contribution is 2.39. The van der Waals surface area contributed by atoms with Gasteiger partial charge in [0, 0.05) is 25.0 Å². The molecule has 4 heterocycles. The molecule has 0 bridgehead atoms. The van der Waals surface area contributed by atoms with E-state index in [9.17, 15) is 4.79 Å². The number of hydrogen-bond donors (Lipinski definition) is 1. The van der Waals surface area contributed by atoms with Crippen LogP contribution < -0.4 is 10.1 Å². The summed E-state index contributed by atoms with van der Waals surface area (Å²) in [6.45, 7) is 1.48. The van der Waals surface area contributed by atoms with Gasteiger partial charge in [-0.15, -0.1) is 0 Å². The summed E-state index contributed by atoms with van der Waals surface area (Å²) < 4.78 is 17.1. The quantitative estimate of drug-likeness (QED) is 0.543. The van der Waals surface area contributed by atoms with Crippen LogP contribution in [0.15, 0.2) is 35.2 Å². The molecular formula is C20H18N4O4S. The van der Waals surface area contributed by atoms with Gasteiger partial charge >= 0.3 is 0 Å². The maximum atomic E-state index is 12.7. The minimum atomic E-state index is -0.256. The Morgan fingerprint density at radius 2 is 2.14 bits per heavy atom. The first-order chi connectivity index (χ1) is 14.2. The lowest BCUT2D eigenvalue weighted by molar-refractivity contribution is 0.0855. The zero-order chi connectivity index (χ0) is 19.8. The molecule has 29 heavy (non-hydrogen) atoms. The third kappa shape index (κ3) is 3.32. The summed E-state index contributed by atoms with van der Waals surface area (Å²) in [6, 6.07) is 5.12. The van der Waals surface area contributed by atoms with Crippen LogP contribution in [0.1, 0.15) is 34.7 Å². The molecule has 1 saturated heterocycles. The van der Waals surface area contributed by atoms with Gasteiger partial charge in [-0.05, 0) is 42.5 Å². The summed E-state index contributed by atoms with van der Waals surface area (Å²) in [5.74, 6) is 0.563. The Morgan fingerprint density at radius 3 is 2.97 bits per heavy atom. The van der Waals surface area contributed by atoms with Crippen LogP contribution in [0.5, 0.6) is 5.88 Å². The van der Waals surface area contributed by atoms with E-state index in [2.05, 4.69) is 20.3 Å². The highest BCUT2D eigenvalue weighted by Gasteiger charge is 2.23. The van der Waals surface area contributed by atoms with Crippen molar-refractivity contribution in [3.05, 3.63) is 41.9 Å². The standard InChI is InChI=1S/C20H18N4O4S/c1-26-19-16-17(13(9-21-19)11-4-6-27-7-5-11)29-20(23-16)24-18(25)12-2-3-15-14(8-12)22-10-28-15/h2-3,8-11H,4-7H2,1H3,(H,23,24,25). The molecule has 1 N–H and O–H groups in total. The van der Waals surface area contributed by atoms with E-state index < -0.39 is 0 Å². The molecule has 0 unspecified atom stereocenters. The van der Waals surface area contributed by atoms with E-state index in [1.54, 1.807) is 25.3 Å². The van der Waals surface area contributed by atoms with Crippen LogP contribution in [-0.2, 0) is 4.74 Å². The Labute approximate surface area is 169 Å². The summed E-state index contributed by atoms with van der Waals surface area (Å²) in [5, 5.41) is 3.39. The van der Waals surface area contributed by atoms with E-state index in [4.69, 9.17) is 13.9 Å². The third-order valence-corrected chi connectivity index (χ3v) is 6.10. The summed E-state index contributed by atoms with van der Waals surface area (Å²) in [4.78, 5) is 25.8. The number of anilines is 1. The summed E-state index contributed by atoms with van der Waals surface area (Å²) in [6.07, 6.45) is 5.11. The molecule has 4 aromatic rings. The van der Waals surface area contributed by atoms with E-state index in [1.165, 1.54) is 17.7 Å². The van der Waals surface area contributed by atoms with Crippen molar-refractivity contribution in [1.82, 2.24) is 15.0 Å². The predicted molar refractivity (Wildman–Crippen MR) is 109 cm³/mol. The molecular weight excluding hydrogens is 392 g/mol. The number of thiazole rings is 1. The number of nitrogens with zero attached hydrogens (tertiary/aromatic N) is 3. The molecule has 148 valence electrons. The van der Waals surface area contributed by atoms with Crippen molar-refractivity contribution in [3.8, 4) is 5.88 Å². The summed E-state index contributed by atoms with van der Waals surface area (Å²) >= 11 is 1.44.